The van der Waals surface area contributed by atoms with Crippen molar-refractivity contribution in [3.63, 3.8) is 0 Å². The third-order valence-electron chi connectivity index (χ3n) is 4.40. The molecule has 0 aliphatic heterocycles. The van der Waals surface area contributed by atoms with E-state index < -0.39 is 5.97 Å². The summed E-state index contributed by atoms with van der Waals surface area (Å²) in [5, 5.41) is 5.64. The molecular weight excluding hydrogens is 356 g/mol. The monoisotopic (exact) mass is 382 g/mol. The van der Waals surface area contributed by atoms with Gasteiger partial charge in [-0.2, -0.15) is 0 Å². The van der Waals surface area contributed by atoms with Gasteiger partial charge in [0.05, 0.1) is 12.2 Å². The van der Waals surface area contributed by atoms with Crippen LogP contribution in [-0.4, -0.2) is 24.4 Å². The summed E-state index contributed by atoms with van der Waals surface area (Å²) >= 11 is 0. The molecule has 6 nitrogen and oxygen atoms in total. The zero-order valence-corrected chi connectivity index (χ0v) is 16.5. The lowest BCUT2D eigenvalue weighted by Gasteiger charge is -2.13. The maximum Gasteiger partial charge on any atom is 0.338 e. The van der Waals surface area contributed by atoms with Gasteiger partial charge in [-0.25, -0.2) is 4.79 Å². The summed E-state index contributed by atoms with van der Waals surface area (Å²) in [5.41, 5.74) is 1.99. The molecule has 2 amide bonds. The number of benzene rings is 2. The predicted molar refractivity (Wildman–Crippen MR) is 109 cm³/mol. The molecule has 0 radical (unpaired) electrons. The summed E-state index contributed by atoms with van der Waals surface area (Å²) in [4.78, 5) is 36.4. The first-order valence-electron chi connectivity index (χ1n) is 9.47. The van der Waals surface area contributed by atoms with Crippen LogP contribution in [0.2, 0.25) is 0 Å². The third kappa shape index (κ3) is 5.67. The fraction of sp³-hybridized carbons (Fsp3) is 0.318. The molecule has 0 aromatic heterocycles. The summed E-state index contributed by atoms with van der Waals surface area (Å²) in [5.74, 6) is -0.795. The summed E-state index contributed by atoms with van der Waals surface area (Å²) < 4.78 is 4.94. The Morgan fingerprint density at radius 1 is 0.857 bits per heavy atom. The van der Waals surface area contributed by atoms with Crippen LogP contribution in [0.4, 0.5) is 11.4 Å². The molecule has 0 saturated heterocycles. The van der Waals surface area contributed by atoms with E-state index in [2.05, 4.69) is 10.6 Å². The number of ether oxygens (including phenoxy) is 1. The van der Waals surface area contributed by atoms with Crippen LogP contribution in [0, 0.1) is 5.92 Å². The SMILES string of the molecule is CCOC(=O)c1ccc(NC(=O)c2cccc(NC(=O)C(CC)CC)c2)cc1. The lowest BCUT2D eigenvalue weighted by Crippen LogP contribution is -2.22. The molecule has 2 aromatic rings. The Kier molecular flexibility index (Phi) is 7.75. The minimum atomic E-state index is -0.402. The Bertz CT molecular complexity index is 827. The molecule has 0 atom stereocenters. The van der Waals surface area contributed by atoms with Crippen molar-refractivity contribution in [1.29, 1.82) is 0 Å². The first-order valence-corrected chi connectivity index (χ1v) is 9.47. The Morgan fingerprint density at radius 2 is 1.54 bits per heavy atom. The normalized spacial score (nSPS) is 10.4. The van der Waals surface area contributed by atoms with Crippen LogP contribution in [0.3, 0.4) is 0 Å². The van der Waals surface area contributed by atoms with Gasteiger partial charge in [0.2, 0.25) is 5.91 Å². The number of carbonyl (C=O) groups excluding carboxylic acids is 3. The molecule has 0 spiro atoms. The largest absolute Gasteiger partial charge is 0.462 e. The molecule has 0 fully saturated rings. The Labute approximate surface area is 165 Å². The zero-order valence-electron chi connectivity index (χ0n) is 16.5. The molecule has 0 unspecified atom stereocenters. The van der Waals surface area contributed by atoms with E-state index in [4.69, 9.17) is 4.74 Å². The molecule has 6 heteroatoms. The highest BCUT2D eigenvalue weighted by Gasteiger charge is 2.15. The van der Waals surface area contributed by atoms with Crippen LogP contribution in [0.5, 0.6) is 0 Å². The van der Waals surface area contributed by atoms with E-state index in [1.54, 1.807) is 55.5 Å². The van der Waals surface area contributed by atoms with Gasteiger partial charge in [-0.1, -0.05) is 19.9 Å². The minimum Gasteiger partial charge on any atom is -0.462 e. The lowest BCUT2D eigenvalue weighted by molar-refractivity contribution is -0.120. The van der Waals surface area contributed by atoms with Crippen molar-refractivity contribution >= 4 is 29.2 Å². The van der Waals surface area contributed by atoms with E-state index in [0.717, 1.165) is 12.8 Å². The maximum absolute atomic E-state index is 12.5. The van der Waals surface area contributed by atoms with E-state index >= 15 is 0 Å². The standard InChI is InChI=1S/C22H26N2O4/c1-4-15(5-2)20(25)24-19-9-7-8-17(14-19)21(26)23-18-12-10-16(11-13-18)22(27)28-6-3/h7-15H,4-6H2,1-3H3,(H,23,26)(H,24,25). The van der Waals surface area contributed by atoms with Gasteiger partial charge >= 0.3 is 5.97 Å². The van der Waals surface area contributed by atoms with Crippen LogP contribution in [0.15, 0.2) is 48.5 Å². The number of carbonyl (C=O) groups is 3. The van der Waals surface area contributed by atoms with Crippen molar-refractivity contribution in [2.75, 3.05) is 17.2 Å². The van der Waals surface area contributed by atoms with Crippen LogP contribution < -0.4 is 10.6 Å². The zero-order chi connectivity index (χ0) is 20.5. The highest BCUT2D eigenvalue weighted by atomic mass is 16.5. The molecule has 0 saturated carbocycles. The quantitative estimate of drug-likeness (QED) is 0.659. The van der Waals surface area contributed by atoms with Crippen molar-refractivity contribution in [2.45, 2.75) is 33.6 Å². The highest BCUT2D eigenvalue weighted by molar-refractivity contribution is 6.05. The Hall–Kier alpha value is -3.15. The number of nitrogens with one attached hydrogen (secondary N) is 2. The van der Waals surface area contributed by atoms with Gasteiger partial charge < -0.3 is 15.4 Å². The molecule has 28 heavy (non-hydrogen) atoms. The smallest absolute Gasteiger partial charge is 0.338 e. The summed E-state index contributed by atoms with van der Waals surface area (Å²) in [6, 6.07) is 13.3. The van der Waals surface area contributed by atoms with E-state index in [0.29, 0.717) is 29.1 Å². The Balaban J connectivity index is 2.04. The van der Waals surface area contributed by atoms with E-state index in [-0.39, 0.29) is 17.7 Å². The molecule has 0 aliphatic carbocycles. The number of rotatable bonds is 8. The minimum absolute atomic E-state index is 0.0443. The van der Waals surface area contributed by atoms with Gasteiger partial charge in [0.1, 0.15) is 0 Å². The number of hydrogen-bond acceptors (Lipinski definition) is 4. The fourth-order valence-electron chi connectivity index (χ4n) is 2.75. The number of amides is 2. The second kappa shape index (κ2) is 10.3. The van der Waals surface area contributed by atoms with Gasteiger partial charge in [-0.15, -0.1) is 0 Å². The number of hydrogen-bond donors (Lipinski definition) is 2. The average molecular weight is 382 g/mol. The molecule has 0 aliphatic rings. The summed E-state index contributed by atoms with van der Waals surface area (Å²) in [6.07, 6.45) is 1.54. The molecule has 2 aromatic carbocycles. The maximum atomic E-state index is 12.5. The summed E-state index contributed by atoms with van der Waals surface area (Å²) in [6.45, 7) is 6.00. The highest BCUT2D eigenvalue weighted by Crippen LogP contribution is 2.17. The van der Waals surface area contributed by atoms with Gasteiger partial charge in [-0.3, -0.25) is 9.59 Å². The van der Waals surface area contributed by atoms with Crippen molar-refractivity contribution in [2.24, 2.45) is 5.92 Å². The van der Waals surface area contributed by atoms with E-state index in [1.165, 1.54) is 0 Å². The fourth-order valence-corrected chi connectivity index (χ4v) is 2.75. The predicted octanol–water partition coefficient (Wildman–Crippen LogP) is 4.49. The van der Waals surface area contributed by atoms with Gasteiger partial charge in [-0.05, 0) is 62.2 Å². The Morgan fingerprint density at radius 3 is 2.14 bits per heavy atom. The molecule has 0 heterocycles. The lowest BCUT2D eigenvalue weighted by atomic mass is 10.0. The third-order valence-corrected chi connectivity index (χ3v) is 4.40. The second-order valence-corrected chi connectivity index (χ2v) is 6.34. The van der Waals surface area contributed by atoms with Crippen LogP contribution in [0.25, 0.3) is 0 Å². The van der Waals surface area contributed by atoms with E-state index in [9.17, 15) is 14.4 Å². The van der Waals surface area contributed by atoms with Crippen molar-refractivity contribution in [3.8, 4) is 0 Å². The topological polar surface area (TPSA) is 84.5 Å². The second-order valence-electron chi connectivity index (χ2n) is 6.34. The van der Waals surface area contributed by atoms with Gasteiger partial charge in [0, 0.05) is 22.9 Å². The first-order chi connectivity index (χ1) is 13.5. The van der Waals surface area contributed by atoms with E-state index in [1.807, 2.05) is 13.8 Å². The molecule has 2 N–H and O–H groups in total. The average Bonchev–Trinajstić information content (AvgIpc) is 2.70. The summed E-state index contributed by atoms with van der Waals surface area (Å²) in [7, 11) is 0. The number of anilines is 2. The van der Waals surface area contributed by atoms with Crippen LogP contribution in [0.1, 0.15) is 54.3 Å². The van der Waals surface area contributed by atoms with Crippen LogP contribution in [-0.2, 0) is 9.53 Å². The molecular formula is C22H26N2O4. The van der Waals surface area contributed by atoms with Crippen molar-refractivity contribution in [3.05, 3.63) is 59.7 Å². The van der Waals surface area contributed by atoms with Crippen molar-refractivity contribution < 1.29 is 19.1 Å². The van der Waals surface area contributed by atoms with Crippen LogP contribution >= 0.6 is 0 Å². The molecule has 2 rings (SSSR count). The van der Waals surface area contributed by atoms with Crippen molar-refractivity contribution in [1.82, 2.24) is 0 Å². The molecule has 148 valence electrons. The molecule has 0 bridgehead atoms. The first kappa shape index (κ1) is 21.2. The van der Waals surface area contributed by atoms with Gasteiger partial charge in [0.15, 0.2) is 0 Å². The number of esters is 1. The van der Waals surface area contributed by atoms with Gasteiger partial charge in [0.25, 0.3) is 5.91 Å².